The number of aliphatic hydroxyl groups is 2. The summed E-state index contributed by atoms with van der Waals surface area (Å²) in [6.45, 7) is 9.13. The molecule has 0 aliphatic heterocycles. The number of carbonyl (C=O) groups is 1. The number of hydrogen-bond donors (Lipinski definition) is 3. The highest BCUT2D eigenvalue weighted by molar-refractivity contribution is 7.91. The van der Waals surface area contributed by atoms with E-state index < -0.39 is 51.7 Å². The second kappa shape index (κ2) is 11.9. The van der Waals surface area contributed by atoms with Crippen LogP contribution in [0, 0.1) is 6.92 Å². The number of halogens is 3. The molecule has 0 bridgehead atoms. The van der Waals surface area contributed by atoms with Crippen LogP contribution in [0.5, 0.6) is 0 Å². The van der Waals surface area contributed by atoms with Crippen molar-refractivity contribution in [2.75, 3.05) is 12.4 Å². The van der Waals surface area contributed by atoms with E-state index in [1.165, 1.54) is 56.3 Å². The first-order chi connectivity index (χ1) is 18.9. The van der Waals surface area contributed by atoms with Gasteiger partial charge in [-0.3, -0.25) is 4.79 Å². The molecule has 1 unspecified atom stereocenters. The molecule has 1 amide bonds. The minimum Gasteiger partial charge on any atom is -0.394 e. The second-order valence-electron chi connectivity index (χ2n) is 10.9. The highest BCUT2D eigenvalue weighted by Crippen LogP contribution is 2.38. The maximum absolute atomic E-state index is 14.1. The van der Waals surface area contributed by atoms with Gasteiger partial charge in [-0.1, -0.05) is 58.0 Å². The summed E-state index contributed by atoms with van der Waals surface area (Å²) >= 11 is 0. The molecule has 0 fully saturated rings. The van der Waals surface area contributed by atoms with E-state index in [0.717, 1.165) is 0 Å². The van der Waals surface area contributed by atoms with E-state index in [9.17, 15) is 36.6 Å². The Morgan fingerprint density at radius 3 is 2.20 bits per heavy atom. The van der Waals surface area contributed by atoms with Crippen molar-refractivity contribution in [2.45, 2.75) is 76.7 Å². The van der Waals surface area contributed by atoms with Gasteiger partial charge in [0.25, 0.3) is 5.91 Å². The van der Waals surface area contributed by atoms with Crippen molar-refractivity contribution in [2.24, 2.45) is 0 Å². The van der Waals surface area contributed by atoms with Gasteiger partial charge in [-0.2, -0.15) is 13.2 Å². The minimum absolute atomic E-state index is 0.0150. The van der Waals surface area contributed by atoms with E-state index in [0.29, 0.717) is 17.1 Å². The third kappa shape index (κ3) is 6.99. The third-order valence-corrected chi connectivity index (χ3v) is 8.61. The largest absolute Gasteiger partial charge is 0.417 e. The number of rotatable bonds is 9. The first-order valence-electron chi connectivity index (χ1n) is 13.1. The van der Waals surface area contributed by atoms with Gasteiger partial charge in [-0.15, -0.1) is 0 Å². The zero-order valence-electron chi connectivity index (χ0n) is 23.9. The number of aromatic nitrogens is 2. The highest BCUT2D eigenvalue weighted by atomic mass is 32.2. The van der Waals surface area contributed by atoms with Crippen LogP contribution >= 0.6 is 0 Å². The number of aliphatic hydroxyl groups excluding tert-OH is 2. The quantitative estimate of drug-likeness (QED) is 0.325. The van der Waals surface area contributed by atoms with Crippen molar-refractivity contribution in [3.63, 3.8) is 0 Å². The van der Waals surface area contributed by atoms with Crippen LogP contribution in [-0.2, 0) is 28.0 Å². The van der Waals surface area contributed by atoms with Crippen molar-refractivity contribution < 1.29 is 36.6 Å². The van der Waals surface area contributed by atoms with Gasteiger partial charge >= 0.3 is 6.18 Å². The van der Waals surface area contributed by atoms with Gasteiger partial charge in [0.2, 0.25) is 0 Å². The summed E-state index contributed by atoms with van der Waals surface area (Å²) < 4.78 is 68.2. The smallest absolute Gasteiger partial charge is 0.394 e. The Morgan fingerprint density at radius 2 is 1.71 bits per heavy atom. The maximum atomic E-state index is 14.1. The van der Waals surface area contributed by atoms with E-state index in [1.54, 1.807) is 11.5 Å². The second-order valence-corrected chi connectivity index (χ2v) is 13.2. The number of nitrogens with one attached hydrogen (secondary N) is 1. The fourth-order valence-electron chi connectivity index (χ4n) is 4.67. The molecular weight excluding hydrogens is 559 g/mol. The molecule has 0 aliphatic rings. The maximum Gasteiger partial charge on any atom is 0.417 e. The number of amides is 1. The van der Waals surface area contributed by atoms with Gasteiger partial charge in [0, 0.05) is 17.7 Å². The van der Waals surface area contributed by atoms with Crippen LogP contribution in [0.2, 0.25) is 0 Å². The average molecular weight is 596 g/mol. The Bertz CT molecular complexity index is 1510. The lowest BCUT2D eigenvalue weighted by Crippen LogP contribution is -2.31. The first kappa shape index (κ1) is 32.3. The van der Waals surface area contributed by atoms with Gasteiger partial charge < -0.3 is 20.1 Å². The number of benzene rings is 2. The lowest BCUT2D eigenvalue weighted by atomic mass is 9.94. The topological polar surface area (TPSA) is 122 Å². The number of nitrogens with zero attached hydrogens (tertiary/aromatic N) is 2. The molecule has 1 heterocycles. The minimum atomic E-state index is -4.72. The molecule has 0 saturated heterocycles. The van der Waals surface area contributed by atoms with Crippen molar-refractivity contribution >= 4 is 15.7 Å². The standard InChI is InChI=1S/C29H36F3N3O5S/c1-7-41(39,40)21-13-11-19(12-14-21)23(16-36)33-26(38)25-17(2)35(27(34-25)28(4,5)6)15-20-9-8-10-22(18(3)37)24(20)29(30,31)32/h8-14,18,23,36-37H,7,15-16H2,1-6H3,(H,33,38)/t18?,23-/m0/s1. The molecule has 2 atom stereocenters. The Kier molecular flexibility index (Phi) is 9.41. The first-order valence-corrected chi connectivity index (χ1v) is 14.8. The van der Waals surface area contributed by atoms with Gasteiger partial charge in [-0.05, 0) is 42.7 Å². The molecule has 3 aromatic rings. The lowest BCUT2D eigenvalue weighted by molar-refractivity contribution is -0.139. The van der Waals surface area contributed by atoms with E-state index in [1.807, 2.05) is 20.8 Å². The summed E-state index contributed by atoms with van der Waals surface area (Å²) in [5, 5.41) is 22.7. The zero-order chi connectivity index (χ0) is 30.9. The van der Waals surface area contributed by atoms with Crippen LogP contribution in [0.3, 0.4) is 0 Å². The van der Waals surface area contributed by atoms with Gasteiger partial charge in [0.05, 0.1) is 35.0 Å². The van der Waals surface area contributed by atoms with Gasteiger partial charge in [0.1, 0.15) is 11.5 Å². The van der Waals surface area contributed by atoms with Crippen LogP contribution in [-0.4, -0.2) is 46.4 Å². The number of alkyl halides is 3. The Morgan fingerprint density at radius 1 is 1.10 bits per heavy atom. The SMILES string of the molecule is CCS(=O)(=O)c1ccc([C@H](CO)NC(=O)c2nc(C(C)(C)C)n(Cc3cccc(C(C)O)c3C(F)(F)F)c2C)cc1. The molecule has 0 spiro atoms. The molecule has 12 heteroatoms. The molecule has 41 heavy (non-hydrogen) atoms. The predicted octanol–water partition coefficient (Wildman–Crippen LogP) is 4.87. The van der Waals surface area contributed by atoms with E-state index >= 15 is 0 Å². The van der Waals surface area contributed by atoms with E-state index in [4.69, 9.17) is 0 Å². The number of sulfone groups is 1. The van der Waals surface area contributed by atoms with Crippen molar-refractivity contribution in [3.05, 3.63) is 81.9 Å². The summed E-state index contributed by atoms with van der Waals surface area (Å²) in [5.74, 6) is -0.339. The summed E-state index contributed by atoms with van der Waals surface area (Å²) in [6.07, 6.45) is -6.06. The zero-order valence-corrected chi connectivity index (χ0v) is 24.7. The van der Waals surface area contributed by atoms with Gasteiger partial charge in [-0.25, -0.2) is 13.4 Å². The summed E-state index contributed by atoms with van der Waals surface area (Å²) in [6, 6.07) is 8.95. The van der Waals surface area contributed by atoms with Crippen LogP contribution in [0.15, 0.2) is 47.4 Å². The summed E-state index contributed by atoms with van der Waals surface area (Å²) in [5.41, 5.74) is -1.13. The number of imidazole rings is 1. The summed E-state index contributed by atoms with van der Waals surface area (Å²) in [7, 11) is -3.43. The Balaban J connectivity index is 2.02. The van der Waals surface area contributed by atoms with Crippen LogP contribution < -0.4 is 5.32 Å². The Hall–Kier alpha value is -3.22. The fourth-order valence-corrected chi connectivity index (χ4v) is 5.55. The molecule has 0 aliphatic carbocycles. The molecule has 0 saturated carbocycles. The van der Waals surface area contributed by atoms with E-state index in [2.05, 4.69) is 10.3 Å². The Labute approximate surface area is 238 Å². The van der Waals surface area contributed by atoms with Gasteiger partial charge in [0.15, 0.2) is 9.84 Å². The number of hydrogen-bond acceptors (Lipinski definition) is 6. The van der Waals surface area contributed by atoms with Crippen molar-refractivity contribution in [1.29, 1.82) is 0 Å². The highest BCUT2D eigenvalue weighted by Gasteiger charge is 2.38. The predicted molar refractivity (Wildman–Crippen MR) is 148 cm³/mol. The molecule has 8 nitrogen and oxygen atoms in total. The van der Waals surface area contributed by atoms with Crippen molar-refractivity contribution in [1.82, 2.24) is 14.9 Å². The summed E-state index contributed by atoms with van der Waals surface area (Å²) in [4.78, 5) is 18.0. The monoisotopic (exact) mass is 595 g/mol. The molecule has 224 valence electrons. The molecule has 3 rings (SSSR count). The third-order valence-electron chi connectivity index (χ3n) is 6.86. The fraction of sp³-hybridized carbons (Fsp3) is 0.448. The van der Waals surface area contributed by atoms with Crippen LogP contribution in [0.4, 0.5) is 13.2 Å². The van der Waals surface area contributed by atoms with Crippen molar-refractivity contribution in [3.8, 4) is 0 Å². The molecule has 2 aromatic carbocycles. The average Bonchev–Trinajstić information content (AvgIpc) is 3.22. The molecular formula is C29H36F3N3O5S. The molecule has 0 radical (unpaired) electrons. The van der Waals surface area contributed by atoms with Crippen LogP contribution in [0.1, 0.15) is 91.0 Å². The lowest BCUT2D eigenvalue weighted by Gasteiger charge is -2.23. The number of carbonyl (C=O) groups excluding carboxylic acids is 1. The van der Waals surface area contributed by atoms with Crippen LogP contribution in [0.25, 0.3) is 0 Å². The normalized spacial score (nSPS) is 14.1. The molecule has 3 N–H and O–H groups in total. The van der Waals surface area contributed by atoms with E-state index in [-0.39, 0.29) is 34.0 Å². The molecule has 1 aromatic heterocycles.